The van der Waals surface area contributed by atoms with Crippen LogP contribution in [0.5, 0.6) is 5.75 Å². The van der Waals surface area contributed by atoms with Crippen molar-refractivity contribution >= 4 is 26.7 Å². The quantitative estimate of drug-likeness (QED) is 0.808. The summed E-state index contributed by atoms with van der Waals surface area (Å²) < 4.78 is 6.87. The molecule has 1 nitrogen and oxygen atoms in total. The van der Waals surface area contributed by atoms with Gasteiger partial charge in [-0.1, -0.05) is 28.1 Å². The van der Waals surface area contributed by atoms with Gasteiger partial charge in [0.25, 0.3) is 0 Å². The number of hydrogen-bond acceptors (Lipinski definition) is 1. The van der Waals surface area contributed by atoms with E-state index < -0.39 is 0 Å². The molecule has 0 atom stereocenters. The highest BCUT2D eigenvalue weighted by atomic mass is 79.9. The lowest BCUT2D eigenvalue weighted by atomic mass is 10.1. The van der Waals surface area contributed by atoms with E-state index in [4.69, 9.17) is 4.74 Å². The van der Waals surface area contributed by atoms with Crippen molar-refractivity contribution in [3.63, 3.8) is 0 Å². The Morgan fingerprint density at radius 2 is 1.81 bits per heavy atom. The number of benzene rings is 2. The second kappa shape index (κ2) is 4.10. The molecule has 1 aliphatic carbocycles. The minimum atomic E-state index is 0.806. The lowest BCUT2D eigenvalue weighted by Crippen LogP contribution is -1.98. The van der Waals surface area contributed by atoms with Gasteiger partial charge in [-0.05, 0) is 53.8 Å². The Morgan fingerprint density at radius 1 is 1.06 bits per heavy atom. The first-order valence-electron chi connectivity index (χ1n) is 5.63. The smallest absolute Gasteiger partial charge is 0.119 e. The Hall–Kier alpha value is -1.02. The number of fused-ring (bicyclic) bond motifs is 1. The van der Waals surface area contributed by atoms with Crippen molar-refractivity contribution in [1.82, 2.24) is 0 Å². The van der Waals surface area contributed by atoms with Gasteiger partial charge in [0.2, 0.25) is 0 Å². The van der Waals surface area contributed by atoms with E-state index in [2.05, 4.69) is 52.3 Å². The van der Waals surface area contributed by atoms with E-state index in [0.29, 0.717) is 0 Å². The second-order valence-electron chi connectivity index (χ2n) is 4.41. The van der Waals surface area contributed by atoms with Crippen molar-refractivity contribution in [3.05, 3.63) is 40.9 Å². The van der Waals surface area contributed by atoms with Crippen LogP contribution >= 0.6 is 15.9 Å². The van der Waals surface area contributed by atoms with E-state index in [0.717, 1.165) is 22.7 Å². The zero-order valence-electron chi connectivity index (χ0n) is 8.95. The molecule has 2 aromatic carbocycles. The summed E-state index contributed by atoms with van der Waals surface area (Å²) in [6.07, 6.45) is 2.67. The van der Waals surface area contributed by atoms with E-state index >= 15 is 0 Å². The van der Waals surface area contributed by atoms with Crippen molar-refractivity contribution in [2.24, 2.45) is 5.92 Å². The van der Waals surface area contributed by atoms with Crippen molar-refractivity contribution in [2.75, 3.05) is 6.61 Å². The number of ether oxygens (including phenoxy) is 1. The molecule has 1 fully saturated rings. The van der Waals surface area contributed by atoms with Crippen molar-refractivity contribution < 1.29 is 4.74 Å². The molecule has 16 heavy (non-hydrogen) atoms. The van der Waals surface area contributed by atoms with E-state index in [1.165, 1.54) is 23.6 Å². The molecule has 0 heterocycles. The van der Waals surface area contributed by atoms with E-state index in [-0.39, 0.29) is 0 Å². The highest BCUT2D eigenvalue weighted by Gasteiger charge is 2.21. The van der Waals surface area contributed by atoms with Gasteiger partial charge in [0, 0.05) is 4.47 Å². The average molecular weight is 277 g/mol. The van der Waals surface area contributed by atoms with Crippen LogP contribution in [0.2, 0.25) is 0 Å². The van der Waals surface area contributed by atoms with Crippen LogP contribution in [-0.4, -0.2) is 6.61 Å². The SMILES string of the molecule is Brc1ccc2cc(OCC3CC3)ccc2c1. The molecule has 3 rings (SSSR count). The number of halogens is 1. The molecule has 0 radical (unpaired) electrons. The van der Waals surface area contributed by atoms with Crippen LogP contribution in [0.25, 0.3) is 10.8 Å². The van der Waals surface area contributed by atoms with Crippen LogP contribution in [0.3, 0.4) is 0 Å². The van der Waals surface area contributed by atoms with Crippen LogP contribution in [0.15, 0.2) is 40.9 Å². The topological polar surface area (TPSA) is 9.23 Å². The molecule has 2 aromatic rings. The fraction of sp³-hybridized carbons (Fsp3) is 0.286. The standard InChI is InChI=1S/C14H13BrO/c15-13-5-3-12-8-14(6-4-11(12)7-13)16-9-10-1-2-10/h3-8,10H,1-2,9H2. The summed E-state index contributed by atoms with van der Waals surface area (Å²) in [5.41, 5.74) is 0. The predicted molar refractivity (Wildman–Crippen MR) is 69.9 cm³/mol. The first-order chi connectivity index (χ1) is 7.81. The zero-order valence-corrected chi connectivity index (χ0v) is 10.5. The highest BCUT2D eigenvalue weighted by Crippen LogP contribution is 2.30. The summed E-state index contributed by atoms with van der Waals surface area (Å²) in [6.45, 7) is 0.877. The molecular weight excluding hydrogens is 264 g/mol. The van der Waals surface area contributed by atoms with Gasteiger partial charge in [0.1, 0.15) is 5.75 Å². The van der Waals surface area contributed by atoms with Gasteiger partial charge in [0.05, 0.1) is 6.61 Å². The normalized spacial score (nSPS) is 15.3. The fourth-order valence-electron chi connectivity index (χ4n) is 1.78. The summed E-state index contributed by atoms with van der Waals surface area (Å²) in [7, 11) is 0. The molecule has 1 aliphatic rings. The molecule has 0 unspecified atom stereocenters. The van der Waals surface area contributed by atoms with Gasteiger partial charge in [-0.3, -0.25) is 0 Å². The number of rotatable bonds is 3. The zero-order chi connectivity index (χ0) is 11.0. The third kappa shape index (κ3) is 2.22. The molecule has 0 spiro atoms. The van der Waals surface area contributed by atoms with E-state index in [1.54, 1.807) is 0 Å². The van der Waals surface area contributed by atoms with Crippen LogP contribution in [0.1, 0.15) is 12.8 Å². The van der Waals surface area contributed by atoms with Crippen LogP contribution < -0.4 is 4.74 Å². The molecule has 0 aliphatic heterocycles. The van der Waals surface area contributed by atoms with Crippen LogP contribution in [-0.2, 0) is 0 Å². The second-order valence-corrected chi connectivity index (χ2v) is 5.32. The maximum absolute atomic E-state index is 5.76. The molecular formula is C14H13BrO. The third-order valence-electron chi connectivity index (χ3n) is 2.96. The monoisotopic (exact) mass is 276 g/mol. The lowest BCUT2D eigenvalue weighted by Gasteiger charge is -2.06. The Kier molecular flexibility index (Phi) is 2.60. The highest BCUT2D eigenvalue weighted by molar-refractivity contribution is 9.10. The molecule has 0 aromatic heterocycles. The van der Waals surface area contributed by atoms with Crippen LogP contribution in [0.4, 0.5) is 0 Å². The van der Waals surface area contributed by atoms with Crippen molar-refractivity contribution in [1.29, 1.82) is 0 Å². The third-order valence-corrected chi connectivity index (χ3v) is 3.45. The predicted octanol–water partition coefficient (Wildman–Crippen LogP) is 4.39. The molecule has 0 amide bonds. The maximum Gasteiger partial charge on any atom is 0.119 e. The lowest BCUT2D eigenvalue weighted by molar-refractivity contribution is 0.300. The van der Waals surface area contributed by atoms with Gasteiger partial charge in [-0.2, -0.15) is 0 Å². The van der Waals surface area contributed by atoms with Gasteiger partial charge in [-0.15, -0.1) is 0 Å². The first kappa shape index (κ1) is 10.2. The Morgan fingerprint density at radius 3 is 2.62 bits per heavy atom. The Labute approximate surface area is 104 Å². The minimum Gasteiger partial charge on any atom is -0.493 e. The summed E-state index contributed by atoms with van der Waals surface area (Å²) >= 11 is 3.48. The molecule has 82 valence electrons. The van der Waals surface area contributed by atoms with Crippen molar-refractivity contribution in [2.45, 2.75) is 12.8 Å². The van der Waals surface area contributed by atoms with E-state index in [9.17, 15) is 0 Å². The molecule has 0 bridgehead atoms. The Bertz CT molecular complexity index is 517. The summed E-state index contributed by atoms with van der Waals surface area (Å²) in [6, 6.07) is 12.6. The summed E-state index contributed by atoms with van der Waals surface area (Å²) in [5, 5.41) is 2.48. The largest absolute Gasteiger partial charge is 0.493 e. The van der Waals surface area contributed by atoms with Gasteiger partial charge >= 0.3 is 0 Å². The molecule has 0 saturated heterocycles. The molecule has 2 heteroatoms. The summed E-state index contributed by atoms with van der Waals surface area (Å²) in [5.74, 6) is 1.79. The molecule has 0 N–H and O–H groups in total. The first-order valence-corrected chi connectivity index (χ1v) is 6.43. The van der Waals surface area contributed by atoms with Crippen LogP contribution in [0, 0.1) is 5.92 Å². The molecule has 1 saturated carbocycles. The maximum atomic E-state index is 5.76. The number of hydrogen-bond donors (Lipinski definition) is 0. The van der Waals surface area contributed by atoms with Crippen molar-refractivity contribution in [3.8, 4) is 5.75 Å². The van der Waals surface area contributed by atoms with Gasteiger partial charge in [-0.25, -0.2) is 0 Å². The van der Waals surface area contributed by atoms with E-state index in [1.807, 2.05) is 0 Å². The fourth-order valence-corrected chi connectivity index (χ4v) is 2.16. The van der Waals surface area contributed by atoms with Gasteiger partial charge < -0.3 is 4.74 Å². The average Bonchev–Trinajstić information content (AvgIpc) is 3.10. The minimum absolute atomic E-state index is 0.806. The Balaban J connectivity index is 1.86. The summed E-state index contributed by atoms with van der Waals surface area (Å²) in [4.78, 5) is 0. The van der Waals surface area contributed by atoms with Gasteiger partial charge in [0.15, 0.2) is 0 Å².